The first-order valence-electron chi connectivity index (χ1n) is 6.76. The van der Waals surface area contributed by atoms with Crippen LogP contribution in [0.4, 0.5) is 0 Å². The molecule has 0 bridgehead atoms. The highest BCUT2D eigenvalue weighted by molar-refractivity contribution is 6.88. The van der Waals surface area contributed by atoms with Crippen LogP contribution in [-0.2, 0) is 0 Å². The highest BCUT2D eigenvalue weighted by Gasteiger charge is 2.17. The van der Waals surface area contributed by atoms with Crippen LogP contribution in [0, 0.1) is 6.92 Å². The van der Waals surface area contributed by atoms with Crippen LogP contribution in [0.15, 0.2) is 49.0 Å². The molecule has 0 heterocycles. The van der Waals surface area contributed by atoms with Crippen LogP contribution in [0.25, 0.3) is 17.2 Å². The molecule has 0 spiro atoms. The van der Waals surface area contributed by atoms with Crippen LogP contribution in [0.2, 0.25) is 19.6 Å². The van der Waals surface area contributed by atoms with Crippen LogP contribution < -0.4 is 5.19 Å². The molecule has 0 aromatic heterocycles. The van der Waals surface area contributed by atoms with Crippen molar-refractivity contribution in [3.05, 3.63) is 60.2 Å². The summed E-state index contributed by atoms with van der Waals surface area (Å²) in [5, 5.41) is 1.52. The van der Waals surface area contributed by atoms with Crippen molar-refractivity contribution in [1.29, 1.82) is 0 Å². The van der Waals surface area contributed by atoms with Gasteiger partial charge in [-0.15, -0.1) is 0 Å². The van der Waals surface area contributed by atoms with Gasteiger partial charge in [-0.1, -0.05) is 79.9 Å². The normalized spacial score (nSPS) is 11.4. The lowest BCUT2D eigenvalue weighted by Gasteiger charge is -2.18. The van der Waals surface area contributed by atoms with Gasteiger partial charge in [-0.3, -0.25) is 0 Å². The van der Waals surface area contributed by atoms with E-state index in [0.29, 0.717) is 0 Å². The molecule has 2 rings (SSSR count). The Morgan fingerprint density at radius 1 is 0.947 bits per heavy atom. The number of aryl methyl sites for hydroxylation is 1. The predicted molar refractivity (Wildman–Crippen MR) is 89.7 cm³/mol. The van der Waals surface area contributed by atoms with Crippen molar-refractivity contribution in [3.63, 3.8) is 0 Å². The van der Waals surface area contributed by atoms with Gasteiger partial charge in [0.1, 0.15) is 0 Å². The lowest BCUT2D eigenvalue weighted by atomic mass is 9.99. The first kappa shape index (κ1) is 13.8. The minimum Gasteiger partial charge on any atom is -0.0985 e. The highest BCUT2D eigenvalue weighted by atomic mass is 28.3. The van der Waals surface area contributed by atoms with Crippen molar-refractivity contribution in [2.24, 2.45) is 0 Å². The second-order valence-corrected chi connectivity index (χ2v) is 11.2. The summed E-state index contributed by atoms with van der Waals surface area (Å²) in [7, 11) is -1.22. The van der Waals surface area contributed by atoms with Crippen molar-refractivity contribution in [2.75, 3.05) is 0 Å². The molecule has 0 fully saturated rings. The summed E-state index contributed by atoms with van der Waals surface area (Å²) in [6, 6.07) is 15.5. The van der Waals surface area contributed by atoms with Gasteiger partial charge >= 0.3 is 0 Å². The van der Waals surface area contributed by atoms with Crippen LogP contribution in [0.1, 0.15) is 11.1 Å². The van der Waals surface area contributed by atoms with E-state index in [-0.39, 0.29) is 0 Å². The van der Waals surface area contributed by atoms with E-state index in [9.17, 15) is 0 Å². The zero-order valence-electron chi connectivity index (χ0n) is 12.3. The Morgan fingerprint density at radius 2 is 1.58 bits per heavy atom. The number of benzene rings is 2. The van der Waals surface area contributed by atoms with E-state index in [0.717, 1.165) is 0 Å². The Balaban J connectivity index is 2.42. The predicted octanol–water partition coefficient (Wildman–Crippen LogP) is 4.85. The summed E-state index contributed by atoms with van der Waals surface area (Å²) in [5.74, 6) is 0. The SMILES string of the molecule is C=Cc1ccc(-c2ccc([Si](C)(C)C)cc2C)cc1. The molecule has 0 atom stereocenters. The summed E-state index contributed by atoms with van der Waals surface area (Å²) >= 11 is 0. The van der Waals surface area contributed by atoms with Crippen LogP contribution >= 0.6 is 0 Å². The van der Waals surface area contributed by atoms with E-state index in [4.69, 9.17) is 0 Å². The Hall–Kier alpha value is -1.60. The van der Waals surface area contributed by atoms with Gasteiger partial charge in [0.2, 0.25) is 0 Å². The van der Waals surface area contributed by atoms with Crippen LogP contribution in [0.5, 0.6) is 0 Å². The summed E-state index contributed by atoms with van der Waals surface area (Å²) < 4.78 is 0. The molecule has 0 aliphatic rings. The lowest BCUT2D eigenvalue weighted by Crippen LogP contribution is -2.37. The van der Waals surface area contributed by atoms with Gasteiger partial charge in [0.05, 0.1) is 8.07 Å². The van der Waals surface area contributed by atoms with Crippen molar-refractivity contribution in [1.82, 2.24) is 0 Å². The van der Waals surface area contributed by atoms with E-state index < -0.39 is 8.07 Å². The van der Waals surface area contributed by atoms with Gasteiger partial charge in [0, 0.05) is 0 Å². The third-order valence-electron chi connectivity index (χ3n) is 3.55. The second kappa shape index (κ2) is 5.18. The van der Waals surface area contributed by atoms with Gasteiger partial charge in [-0.25, -0.2) is 0 Å². The summed E-state index contributed by atoms with van der Waals surface area (Å²) in [6.07, 6.45) is 1.88. The monoisotopic (exact) mass is 266 g/mol. The molecular weight excluding hydrogens is 244 g/mol. The highest BCUT2D eigenvalue weighted by Crippen LogP contribution is 2.23. The summed E-state index contributed by atoms with van der Waals surface area (Å²) in [5.41, 5.74) is 5.15. The van der Waals surface area contributed by atoms with Gasteiger partial charge in [-0.05, 0) is 29.2 Å². The van der Waals surface area contributed by atoms with E-state index in [1.165, 1.54) is 27.4 Å². The van der Waals surface area contributed by atoms with Crippen molar-refractivity contribution in [3.8, 4) is 11.1 Å². The standard InChI is InChI=1S/C18H22Si/c1-6-15-7-9-16(10-8-15)18-12-11-17(13-14(18)2)19(3,4)5/h6-13H,1H2,2-5H3. The third kappa shape index (κ3) is 3.05. The minimum absolute atomic E-state index is 1.17. The molecule has 2 aromatic carbocycles. The fraction of sp³-hybridized carbons (Fsp3) is 0.222. The van der Waals surface area contributed by atoms with E-state index in [2.05, 4.69) is 75.6 Å². The zero-order chi connectivity index (χ0) is 14.0. The van der Waals surface area contributed by atoms with Gasteiger partial charge in [0.25, 0.3) is 0 Å². The molecule has 0 aliphatic heterocycles. The Labute approximate surface area is 117 Å². The average molecular weight is 266 g/mol. The molecule has 0 radical (unpaired) electrons. The first-order chi connectivity index (χ1) is 8.91. The van der Waals surface area contributed by atoms with E-state index in [1.807, 2.05) is 6.08 Å². The molecule has 2 aromatic rings. The van der Waals surface area contributed by atoms with Gasteiger partial charge in [0.15, 0.2) is 0 Å². The van der Waals surface area contributed by atoms with Crippen LogP contribution in [0.3, 0.4) is 0 Å². The van der Waals surface area contributed by atoms with E-state index in [1.54, 1.807) is 0 Å². The number of rotatable bonds is 3. The second-order valence-electron chi connectivity index (χ2n) is 6.11. The number of hydrogen-bond acceptors (Lipinski definition) is 0. The lowest BCUT2D eigenvalue weighted by molar-refractivity contribution is 1.46. The fourth-order valence-electron chi connectivity index (χ4n) is 2.25. The first-order valence-corrected chi connectivity index (χ1v) is 10.3. The molecule has 0 aliphatic carbocycles. The molecule has 0 N–H and O–H groups in total. The van der Waals surface area contributed by atoms with Crippen molar-refractivity contribution < 1.29 is 0 Å². The van der Waals surface area contributed by atoms with E-state index >= 15 is 0 Å². The maximum Gasteiger partial charge on any atom is 0.0776 e. The molecule has 0 saturated carbocycles. The molecule has 98 valence electrons. The third-order valence-corrected chi connectivity index (χ3v) is 5.59. The van der Waals surface area contributed by atoms with Gasteiger partial charge in [-0.2, -0.15) is 0 Å². The molecule has 0 amide bonds. The fourth-order valence-corrected chi connectivity index (χ4v) is 3.49. The van der Waals surface area contributed by atoms with Crippen molar-refractivity contribution in [2.45, 2.75) is 26.6 Å². The summed E-state index contributed by atoms with van der Waals surface area (Å²) in [6.45, 7) is 13.2. The Kier molecular flexibility index (Phi) is 3.77. The van der Waals surface area contributed by atoms with Crippen LogP contribution in [-0.4, -0.2) is 8.07 Å². The molecule has 19 heavy (non-hydrogen) atoms. The Morgan fingerprint density at radius 3 is 2.05 bits per heavy atom. The number of hydrogen-bond donors (Lipinski definition) is 0. The molecular formula is C18H22Si. The topological polar surface area (TPSA) is 0 Å². The smallest absolute Gasteiger partial charge is 0.0776 e. The Bertz CT molecular complexity index is 586. The zero-order valence-corrected chi connectivity index (χ0v) is 13.3. The molecule has 1 heteroatoms. The average Bonchev–Trinajstić information content (AvgIpc) is 2.38. The van der Waals surface area contributed by atoms with Gasteiger partial charge < -0.3 is 0 Å². The molecule has 0 unspecified atom stereocenters. The molecule has 0 nitrogen and oxygen atoms in total. The maximum absolute atomic E-state index is 3.79. The van der Waals surface area contributed by atoms with Crippen molar-refractivity contribution >= 4 is 19.3 Å². The quantitative estimate of drug-likeness (QED) is 0.697. The maximum atomic E-state index is 3.79. The largest absolute Gasteiger partial charge is 0.0985 e. The molecule has 0 saturated heterocycles. The summed E-state index contributed by atoms with van der Waals surface area (Å²) in [4.78, 5) is 0. The minimum atomic E-state index is -1.22.